The van der Waals surface area contributed by atoms with Crippen LogP contribution < -0.4 is 4.74 Å². The number of fused-ring (bicyclic) bond motifs is 6. The smallest absolute Gasteiger partial charge is 0.512 e. The molecule has 0 N–H and O–H groups in total. The van der Waals surface area contributed by atoms with Crippen molar-refractivity contribution in [3.63, 3.8) is 0 Å². The first kappa shape index (κ1) is 33.1. The van der Waals surface area contributed by atoms with E-state index >= 15 is 0 Å². The number of hydrogen-bond donors (Lipinski definition) is 0. The van der Waals surface area contributed by atoms with Crippen molar-refractivity contribution >= 4 is 27.8 Å². The molecule has 3 aromatic carbocycles. The molecule has 0 unspecified atom stereocenters. The third-order valence-corrected chi connectivity index (χ3v) is 10.9. The van der Waals surface area contributed by atoms with E-state index in [-0.39, 0.29) is 43.5 Å². The number of rotatable bonds is 4. The van der Waals surface area contributed by atoms with Crippen LogP contribution in [0.25, 0.3) is 27.6 Å². The molecule has 0 bridgehead atoms. The van der Waals surface area contributed by atoms with Gasteiger partial charge in [-0.25, -0.2) is 4.98 Å². The molecule has 5 nitrogen and oxygen atoms in total. The summed E-state index contributed by atoms with van der Waals surface area (Å²) in [5.41, 5.74) is 9.62. The predicted molar refractivity (Wildman–Crippen MR) is 191 cm³/mol. The average molecular weight is 819 g/mol. The molecule has 2 aliphatic heterocycles. The van der Waals surface area contributed by atoms with Gasteiger partial charge in [-0.3, -0.25) is 4.99 Å². The summed E-state index contributed by atoms with van der Waals surface area (Å²) in [7, 11) is 0. The number of benzene rings is 3. The SMILES string of the molecule is Cc1cc2c([c-]c1Oc1[c-]c(C3=N[C@H]4CCCC[C@]4(C)O3)cc(C(C)C)c1)-n1c3ncccc3c3cc(C(C)(C)C)cc(c31)C2(C)C.[Pt+2]. The minimum Gasteiger partial charge on any atom is -0.512 e. The van der Waals surface area contributed by atoms with Gasteiger partial charge in [-0.15, -0.1) is 28.8 Å². The van der Waals surface area contributed by atoms with Gasteiger partial charge in [-0.1, -0.05) is 91.3 Å². The van der Waals surface area contributed by atoms with Gasteiger partial charge in [-0.2, -0.15) is 6.07 Å². The van der Waals surface area contributed by atoms with E-state index in [9.17, 15) is 0 Å². The van der Waals surface area contributed by atoms with Gasteiger partial charge in [0.15, 0.2) is 0 Å². The number of aryl methyl sites for hydroxylation is 1. The van der Waals surface area contributed by atoms with Crippen LogP contribution in [0.1, 0.15) is 120 Å². The Labute approximate surface area is 299 Å². The maximum atomic E-state index is 6.76. The molecule has 2 aromatic heterocycles. The molecular weight excluding hydrogens is 774 g/mol. The van der Waals surface area contributed by atoms with E-state index in [1.54, 1.807) is 0 Å². The van der Waals surface area contributed by atoms with Gasteiger partial charge < -0.3 is 14.0 Å². The summed E-state index contributed by atoms with van der Waals surface area (Å²) >= 11 is 0. The van der Waals surface area contributed by atoms with Crippen LogP contribution in [0.4, 0.5) is 0 Å². The molecule has 2 atom stereocenters. The van der Waals surface area contributed by atoms with Crippen molar-refractivity contribution in [2.45, 2.75) is 116 Å². The second-order valence-corrected chi connectivity index (χ2v) is 16.1. The molecule has 3 aliphatic rings. The Morgan fingerprint density at radius 2 is 1.79 bits per heavy atom. The van der Waals surface area contributed by atoms with Gasteiger partial charge in [0.25, 0.3) is 0 Å². The molecule has 1 aliphatic carbocycles. The van der Waals surface area contributed by atoms with E-state index in [0.717, 1.165) is 40.7 Å². The van der Waals surface area contributed by atoms with Crippen LogP contribution in [-0.2, 0) is 36.6 Å². The van der Waals surface area contributed by atoms with Gasteiger partial charge in [-0.05, 0) is 72.3 Å². The number of hydrogen-bond acceptors (Lipinski definition) is 4. The number of ether oxygens (including phenoxy) is 2. The van der Waals surface area contributed by atoms with E-state index in [1.807, 2.05) is 12.3 Å². The van der Waals surface area contributed by atoms with Gasteiger partial charge in [0, 0.05) is 28.5 Å². The Hall–Kier alpha value is -3.43. The van der Waals surface area contributed by atoms with E-state index in [4.69, 9.17) is 19.5 Å². The van der Waals surface area contributed by atoms with E-state index < -0.39 is 0 Å². The molecular formula is C42H45N3O2Pt. The largest absolute Gasteiger partial charge is 2.00 e. The van der Waals surface area contributed by atoms with Crippen LogP contribution in [0.5, 0.6) is 11.5 Å². The molecule has 1 saturated carbocycles. The maximum Gasteiger partial charge on any atom is 2.00 e. The van der Waals surface area contributed by atoms with Crippen LogP contribution in [0.3, 0.4) is 0 Å². The molecule has 6 heteroatoms. The van der Waals surface area contributed by atoms with Crippen molar-refractivity contribution in [3.8, 4) is 17.2 Å². The zero-order valence-corrected chi connectivity index (χ0v) is 31.8. The second-order valence-electron chi connectivity index (χ2n) is 16.1. The van der Waals surface area contributed by atoms with Crippen LogP contribution in [0, 0.1) is 19.1 Å². The fraction of sp³-hybridized carbons (Fsp3) is 0.429. The van der Waals surface area contributed by atoms with Crippen molar-refractivity contribution in [2.24, 2.45) is 4.99 Å². The summed E-state index contributed by atoms with van der Waals surface area (Å²) in [5.74, 6) is 2.35. The van der Waals surface area contributed by atoms with Crippen LogP contribution in [-0.4, -0.2) is 27.1 Å². The van der Waals surface area contributed by atoms with Crippen LogP contribution in [0.2, 0.25) is 0 Å². The van der Waals surface area contributed by atoms with Crippen LogP contribution >= 0.6 is 0 Å². The number of nitrogens with zero attached hydrogens (tertiary/aromatic N) is 3. The van der Waals surface area contributed by atoms with Gasteiger partial charge >= 0.3 is 21.1 Å². The van der Waals surface area contributed by atoms with Crippen LogP contribution in [0.15, 0.2) is 53.7 Å². The first-order valence-corrected chi connectivity index (χ1v) is 17.3. The molecule has 0 saturated heterocycles. The molecule has 4 heterocycles. The first-order chi connectivity index (χ1) is 22.2. The Morgan fingerprint density at radius 3 is 2.52 bits per heavy atom. The molecule has 0 spiro atoms. The summed E-state index contributed by atoms with van der Waals surface area (Å²) < 4.78 is 15.6. The Balaban J connectivity index is 0.00000364. The van der Waals surface area contributed by atoms with Crippen molar-refractivity contribution in [3.05, 3.63) is 94.2 Å². The molecule has 8 rings (SSSR count). The third kappa shape index (κ3) is 5.06. The quantitative estimate of drug-likeness (QED) is 0.170. The molecule has 250 valence electrons. The average Bonchev–Trinajstić information content (AvgIpc) is 3.55. The first-order valence-electron chi connectivity index (χ1n) is 17.3. The molecule has 0 amide bonds. The Kier molecular flexibility index (Phi) is 7.79. The predicted octanol–water partition coefficient (Wildman–Crippen LogP) is 10.4. The van der Waals surface area contributed by atoms with E-state index in [2.05, 4.69) is 115 Å². The summed E-state index contributed by atoms with van der Waals surface area (Å²) in [6, 6.07) is 23.1. The third-order valence-electron chi connectivity index (χ3n) is 10.9. The fourth-order valence-corrected chi connectivity index (χ4v) is 7.92. The molecule has 0 radical (unpaired) electrons. The molecule has 1 fully saturated rings. The van der Waals surface area contributed by atoms with Gasteiger partial charge in [0.2, 0.25) is 0 Å². The van der Waals surface area contributed by atoms with Crippen molar-refractivity contribution < 1.29 is 30.5 Å². The Morgan fingerprint density at radius 1 is 1.00 bits per heavy atom. The van der Waals surface area contributed by atoms with Crippen molar-refractivity contribution in [1.82, 2.24) is 9.55 Å². The normalized spacial score (nSPS) is 21.0. The minimum atomic E-state index is -0.249. The molecule has 5 aromatic rings. The number of aromatic nitrogens is 2. The molecule has 48 heavy (non-hydrogen) atoms. The van der Waals surface area contributed by atoms with E-state index in [0.29, 0.717) is 23.3 Å². The monoisotopic (exact) mass is 818 g/mol. The van der Waals surface area contributed by atoms with Crippen molar-refractivity contribution in [2.75, 3.05) is 0 Å². The Bertz CT molecular complexity index is 2130. The summed E-state index contributed by atoms with van der Waals surface area (Å²) in [6.07, 6.45) is 6.39. The topological polar surface area (TPSA) is 48.6 Å². The fourth-order valence-electron chi connectivity index (χ4n) is 7.92. The second kappa shape index (κ2) is 11.3. The van der Waals surface area contributed by atoms with E-state index in [1.165, 1.54) is 46.0 Å². The number of aliphatic imine (C=N–C) groups is 1. The standard InChI is InChI=1S/C42H45N3O2.Pt/c1-24(2)26-18-27(39-44-36-14-10-11-15-42(36,9)47-39)20-29(19-26)46-35-23-34-32(17-25(35)3)41(7,8)33-22-28(40(4,5)6)21-31-30-13-12-16-43-38(30)45(34)37(31)33;/h12-13,16-19,21-22,24,36H,10-11,14-15H2,1-9H3;/q-2;+2/t36-,42-;/m0./s1. The summed E-state index contributed by atoms with van der Waals surface area (Å²) in [4.78, 5) is 10.00. The maximum absolute atomic E-state index is 6.76. The minimum absolute atomic E-state index is 0. The zero-order chi connectivity index (χ0) is 33.0. The summed E-state index contributed by atoms with van der Waals surface area (Å²) in [6.45, 7) is 20.3. The zero-order valence-electron chi connectivity index (χ0n) is 29.6. The number of pyridine rings is 1. The van der Waals surface area contributed by atoms with Crippen molar-refractivity contribution in [1.29, 1.82) is 0 Å². The van der Waals surface area contributed by atoms with Gasteiger partial charge in [0.1, 0.15) is 17.1 Å². The summed E-state index contributed by atoms with van der Waals surface area (Å²) in [5, 5.41) is 2.39. The van der Waals surface area contributed by atoms with Gasteiger partial charge in [0.05, 0.1) is 11.6 Å².